The number of methoxy groups -OCH3 is 1. The molecule has 0 N–H and O–H groups in total. The summed E-state index contributed by atoms with van der Waals surface area (Å²) in [6.07, 6.45) is 2.99. The number of carbonyl (C=O) groups excluding carboxylic acids is 1. The van der Waals surface area contributed by atoms with Crippen molar-refractivity contribution >= 4 is 16.9 Å². The SMILES string of the molecule is CCC1(OC)C(=O)OCc2c1cc1n(c2=O)Cc2c-1nc1cc(F)c(C)c3c1c2CCC3. The highest BCUT2D eigenvalue weighted by molar-refractivity contribution is 5.92. The van der Waals surface area contributed by atoms with Gasteiger partial charge in [0, 0.05) is 29.7 Å². The number of nitrogens with zero attached hydrogens (tertiary/aromatic N) is 2. The molecule has 0 saturated carbocycles. The Morgan fingerprint density at radius 1 is 1.19 bits per heavy atom. The zero-order valence-electron chi connectivity index (χ0n) is 18.3. The quantitative estimate of drug-likeness (QED) is 0.450. The minimum atomic E-state index is -1.31. The van der Waals surface area contributed by atoms with Crippen molar-refractivity contribution in [2.45, 2.75) is 58.3 Å². The molecule has 3 aromatic rings. The standard InChI is InChI=1S/C25H23FN2O4/c1-4-25(31-3)17-8-20-22-15(10-28(20)23(29)16(17)11-32-24(25)30)14-7-5-6-13-12(2)18(26)9-19(27-22)21(13)14/h8-9H,4-7,10-11H2,1-3H3. The molecule has 0 radical (unpaired) electrons. The second-order valence-electron chi connectivity index (χ2n) is 8.90. The van der Waals surface area contributed by atoms with Crippen LogP contribution in [0.25, 0.3) is 22.3 Å². The van der Waals surface area contributed by atoms with E-state index in [9.17, 15) is 14.0 Å². The van der Waals surface area contributed by atoms with Crippen LogP contribution in [-0.2, 0) is 45.9 Å². The van der Waals surface area contributed by atoms with E-state index in [1.807, 2.05) is 19.9 Å². The van der Waals surface area contributed by atoms with E-state index in [-0.39, 0.29) is 18.0 Å². The molecule has 1 atom stereocenters. The molecule has 3 aliphatic rings. The highest BCUT2D eigenvalue weighted by Gasteiger charge is 2.47. The number of ether oxygens (including phenoxy) is 2. The molecule has 0 saturated heterocycles. The minimum Gasteiger partial charge on any atom is -0.458 e. The lowest BCUT2D eigenvalue weighted by molar-refractivity contribution is -0.176. The fourth-order valence-corrected chi connectivity index (χ4v) is 5.84. The lowest BCUT2D eigenvalue weighted by Crippen LogP contribution is -2.45. The number of benzene rings is 1. The summed E-state index contributed by atoms with van der Waals surface area (Å²) in [7, 11) is 1.46. The molecule has 6 nitrogen and oxygen atoms in total. The van der Waals surface area contributed by atoms with E-state index < -0.39 is 11.6 Å². The van der Waals surface area contributed by atoms with E-state index in [1.54, 1.807) is 4.57 Å². The summed E-state index contributed by atoms with van der Waals surface area (Å²) < 4.78 is 27.4. The van der Waals surface area contributed by atoms with Gasteiger partial charge in [0.2, 0.25) is 0 Å². The van der Waals surface area contributed by atoms with E-state index >= 15 is 0 Å². The minimum absolute atomic E-state index is 0.0639. The molecule has 6 rings (SSSR count). The average Bonchev–Trinajstić information content (AvgIpc) is 3.17. The van der Waals surface area contributed by atoms with Gasteiger partial charge in [-0.3, -0.25) is 4.79 Å². The van der Waals surface area contributed by atoms with Gasteiger partial charge in [-0.1, -0.05) is 6.92 Å². The number of hydrogen-bond acceptors (Lipinski definition) is 5. The molecule has 0 fully saturated rings. The van der Waals surface area contributed by atoms with Crippen LogP contribution in [0.4, 0.5) is 4.39 Å². The second-order valence-corrected chi connectivity index (χ2v) is 8.90. The first-order chi connectivity index (χ1) is 15.4. The Kier molecular flexibility index (Phi) is 3.97. The van der Waals surface area contributed by atoms with Gasteiger partial charge in [0.1, 0.15) is 12.4 Å². The summed E-state index contributed by atoms with van der Waals surface area (Å²) >= 11 is 0. The van der Waals surface area contributed by atoms with Crippen molar-refractivity contribution in [3.8, 4) is 11.4 Å². The number of aryl methyl sites for hydroxylation is 2. The number of hydrogen-bond donors (Lipinski definition) is 0. The van der Waals surface area contributed by atoms with E-state index in [0.717, 1.165) is 41.3 Å². The molecular formula is C25H23FN2O4. The molecule has 4 heterocycles. The van der Waals surface area contributed by atoms with Crippen molar-refractivity contribution in [3.63, 3.8) is 0 Å². The normalized spacial score (nSPS) is 20.7. The molecular weight excluding hydrogens is 411 g/mol. The van der Waals surface area contributed by atoms with Crippen LogP contribution in [-0.4, -0.2) is 22.6 Å². The first-order valence-corrected chi connectivity index (χ1v) is 11.0. The van der Waals surface area contributed by atoms with E-state index in [0.29, 0.717) is 46.6 Å². The van der Waals surface area contributed by atoms with Gasteiger partial charge in [-0.05, 0) is 55.4 Å². The highest BCUT2D eigenvalue weighted by atomic mass is 19.1. The summed E-state index contributed by atoms with van der Waals surface area (Å²) in [5.74, 6) is -0.734. The molecule has 1 aromatic carbocycles. The molecule has 0 spiro atoms. The van der Waals surface area contributed by atoms with Crippen LogP contribution >= 0.6 is 0 Å². The smallest absolute Gasteiger partial charge is 0.343 e. The van der Waals surface area contributed by atoms with Crippen molar-refractivity contribution in [2.75, 3.05) is 7.11 Å². The van der Waals surface area contributed by atoms with Crippen LogP contribution in [0.5, 0.6) is 0 Å². The van der Waals surface area contributed by atoms with Crippen molar-refractivity contribution in [2.24, 2.45) is 0 Å². The van der Waals surface area contributed by atoms with Gasteiger partial charge in [0.15, 0.2) is 5.60 Å². The molecule has 164 valence electrons. The fourth-order valence-electron chi connectivity index (χ4n) is 5.84. The van der Waals surface area contributed by atoms with Crippen molar-refractivity contribution in [3.05, 3.63) is 61.7 Å². The second kappa shape index (κ2) is 6.48. The predicted octanol–water partition coefficient (Wildman–Crippen LogP) is 3.67. The monoisotopic (exact) mass is 434 g/mol. The lowest BCUT2D eigenvalue weighted by Gasteiger charge is -2.35. The van der Waals surface area contributed by atoms with E-state index in [2.05, 4.69) is 0 Å². The number of esters is 1. The van der Waals surface area contributed by atoms with Crippen molar-refractivity contribution < 1.29 is 18.7 Å². The number of aromatic nitrogens is 2. The Morgan fingerprint density at radius 2 is 1.97 bits per heavy atom. The lowest BCUT2D eigenvalue weighted by atomic mass is 9.84. The van der Waals surface area contributed by atoms with Gasteiger partial charge in [-0.25, -0.2) is 14.2 Å². The number of rotatable bonds is 2. The maximum Gasteiger partial charge on any atom is 0.343 e. The third kappa shape index (κ3) is 2.24. The molecule has 0 bridgehead atoms. The number of carbonyl (C=O) groups is 1. The molecule has 2 aromatic heterocycles. The van der Waals surface area contributed by atoms with Gasteiger partial charge >= 0.3 is 5.97 Å². The zero-order chi connectivity index (χ0) is 22.4. The summed E-state index contributed by atoms with van der Waals surface area (Å²) in [4.78, 5) is 31.0. The summed E-state index contributed by atoms with van der Waals surface area (Å²) in [6.45, 7) is 4.02. The third-order valence-electron chi connectivity index (χ3n) is 7.59. The highest BCUT2D eigenvalue weighted by Crippen LogP contribution is 2.43. The molecule has 32 heavy (non-hydrogen) atoms. The molecule has 2 aliphatic heterocycles. The van der Waals surface area contributed by atoms with Crippen LogP contribution in [0.15, 0.2) is 16.9 Å². The Hall–Kier alpha value is -3.06. The first-order valence-electron chi connectivity index (χ1n) is 11.0. The van der Waals surface area contributed by atoms with Gasteiger partial charge in [0.05, 0.1) is 29.0 Å². The van der Waals surface area contributed by atoms with Gasteiger partial charge in [-0.15, -0.1) is 0 Å². The number of pyridine rings is 2. The average molecular weight is 434 g/mol. The van der Waals surface area contributed by atoms with Crippen LogP contribution in [0, 0.1) is 12.7 Å². The molecule has 1 aliphatic carbocycles. The predicted molar refractivity (Wildman–Crippen MR) is 116 cm³/mol. The fraction of sp³-hybridized carbons (Fsp3) is 0.400. The molecule has 0 amide bonds. The summed E-state index contributed by atoms with van der Waals surface area (Å²) in [6, 6.07) is 3.36. The van der Waals surface area contributed by atoms with Crippen molar-refractivity contribution in [1.82, 2.24) is 9.55 Å². The zero-order valence-corrected chi connectivity index (χ0v) is 18.3. The third-order valence-corrected chi connectivity index (χ3v) is 7.59. The molecule has 1 unspecified atom stereocenters. The Balaban J connectivity index is 1.68. The van der Waals surface area contributed by atoms with Crippen LogP contribution in [0.1, 0.15) is 53.1 Å². The van der Waals surface area contributed by atoms with E-state index in [4.69, 9.17) is 14.5 Å². The number of cyclic esters (lactones) is 1. The number of fused-ring (bicyclic) bond motifs is 5. The van der Waals surface area contributed by atoms with Crippen molar-refractivity contribution in [1.29, 1.82) is 0 Å². The van der Waals surface area contributed by atoms with Crippen LogP contribution in [0.2, 0.25) is 0 Å². The summed E-state index contributed by atoms with van der Waals surface area (Å²) in [5.41, 5.74) is 5.38. The Morgan fingerprint density at radius 3 is 2.72 bits per heavy atom. The maximum atomic E-state index is 14.7. The van der Waals surface area contributed by atoms with Crippen LogP contribution < -0.4 is 5.56 Å². The molecule has 7 heteroatoms. The van der Waals surface area contributed by atoms with E-state index in [1.165, 1.54) is 13.2 Å². The first kappa shape index (κ1) is 19.6. The largest absolute Gasteiger partial charge is 0.458 e. The van der Waals surface area contributed by atoms with Gasteiger partial charge in [-0.2, -0.15) is 0 Å². The van der Waals surface area contributed by atoms with Gasteiger partial charge < -0.3 is 14.0 Å². The Bertz CT molecular complexity index is 1420. The Labute approximate surface area is 184 Å². The van der Waals surface area contributed by atoms with Crippen LogP contribution in [0.3, 0.4) is 0 Å². The maximum absolute atomic E-state index is 14.7. The van der Waals surface area contributed by atoms with Gasteiger partial charge in [0.25, 0.3) is 5.56 Å². The summed E-state index contributed by atoms with van der Waals surface area (Å²) in [5, 5.41) is 1.04. The topological polar surface area (TPSA) is 70.4 Å². The number of halogens is 1.